The number of rotatable bonds is 4. The predicted molar refractivity (Wildman–Crippen MR) is 114 cm³/mol. The molecule has 0 unspecified atom stereocenters. The smallest absolute Gasteiger partial charge is 0.270 e. The Hall–Kier alpha value is -3.89. The number of hydrogen-bond donors (Lipinski definition) is 2. The molecule has 0 aliphatic carbocycles. The number of nitrogen functional groups attached to an aromatic ring is 1. The standard InChI is InChI=1S/C21H20N8O2/c22-19-18(21-27-26-20(31-21)14-4-2-1-3-5-14)25-16(13-24-19)15-6-7-17(23-12-15)28-8-10-29(30)11-9-28/h1-7,12-13,30H,8-11H2,(H2,22,24). The number of hydrogen-bond acceptors (Lipinski definition) is 10. The second-order valence-electron chi connectivity index (χ2n) is 7.11. The number of nitrogens with zero attached hydrogens (tertiary/aromatic N) is 7. The van der Waals surface area contributed by atoms with Crippen LogP contribution in [0.4, 0.5) is 11.6 Å². The van der Waals surface area contributed by atoms with E-state index in [9.17, 15) is 5.21 Å². The van der Waals surface area contributed by atoms with Gasteiger partial charge in [-0.15, -0.1) is 10.2 Å². The number of piperazine rings is 1. The molecule has 31 heavy (non-hydrogen) atoms. The molecule has 1 aliphatic heterocycles. The van der Waals surface area contributed by atoms with Crippen LogP contribution in [0.25, 0.3) is 34.3 Å². The fraction of sp³-hybridized carbons (Fsp3) is 0.190. The Kier molecular flexibility index (Phi) is 4.98. The van der Waals surface area contributed by atoms with E-state index in [-0.39, 0.29) is 11.7 Å². The maximum atomic E-state index is 9.52. The monoisotopic (exact) mass is 416 g/mol. The Morgan fingerprint density at radius 2 is 1.61 bits per heavy atom. The van der Waals surface area contributed by atoms with Crippen molar-refractivity contribution in [3.05, 3.63) is 54.9 Å². The highest BCUT2D eigenvalue weighted by atomic mass is 16.5. The highest BCUT2D eigenvalue weighted by Gasteiger charge is 2.18. The quantitative estimate of drug-likeness (QED) is 0.511. The van der Waals surface area contributed by atoms with E-state index >= 15 is 0 Å². The summed E-state index contributed by atoms with van der Waals surface area (Å²) in [5.74, 6) is 1.65. The lowest BCUT2D eigenvalue weighted by Crippen LogP contribution is -2.45. The van der Waals surface area contributed by atoms with Crippen molar-refractivity contribution in [1.29, 1.82) is 0 Å². The van der Waals surface area contributed by atoms with Gasteiger partial charge in [0.2, 0.25) is 5.89 Å². The molecule has 1 aliphatic rings. The van der Waals surface area contributed by atoms with Gasteiger partial charge in [0.05, 0.1) is 11.9 Å². The van der Waals surface area contributed by atoms with Gasteiger partial charge in [-0.2, -0.15) is 5.06 Å². The van der Waals surface area contributed by atoms with Crippen molar-refractivity contribution >= 4 is 11.6 Å². The molecule has 4 heterocycles. The molecular formula is C21H20N8O2. The molecule has 0 amide bonds. The Labute approximate surface area is 178 Å². The van der Waals surface area contributed by atoms with Crippen LogP contribution in [-0.4, -0.2) is 61.6 Å². The van der Waals surface area contributed by atoms with E-state index in [0.29, 0.717) is 30.4 Å². The zero-order valence-electron chi connectivity index (χ0n) is 16.6. The van der Waals surface area contributed by atoms with Crippen molar-refractivity contribution in [3.8, 4) is 34.3 Å². The fourth-order valence-electron chi connectivity index (χ4n) is 3.36. The molecule has 156 valence electrons. The van der Waals surface area contributed by atoms with Gasteiger partial charge in [-0.3, -0.25) is 0 Å². The van der Waals surface area contributed by atoms with Crippen LogP contribution in [-0.2, 0) is 0 Å². The van der Waals surface area contributed by atoms with E-state index in [4.69, 9.17) is 10.2 Å². The summed E-state index contributed by atoms with van der Waals surface area (Å²) in [4.78, 5) is 15.5. The molecule has 4 aromatic rings. The van der Waals surface area contributed by atoms with E-state index in [1.165, 1.54) is 5.06 Å². The van der Waals surface area contributed by atoms with E-state index in [0.717, 1.165) is 30.0 Å². The lowest BCUT2D eigenvalue weighted by Gasteiger charge is -2.31. The normalized spacial score (nSPS) is 14.7. The summed E-state index contributed by atoms with van der Waals surface area (Å²) in [6, 6.07) is 13.3. The Bertz CT molecular complexity index is 1170. The van der Waals surface area contributed by atoms with Gasteiger partial charge in [0.1, 0.15) is 5.82 Å². The summed E-state index contributed by atoms with van der Waals surface area (Å²) < 4.78 is 5.78. The largest absolute Gasteiger partial charge is 0.414 e. The topological polar surface area (TPSA) is 130 Å². The molecule has 1 saturated heterocycles. The maximum Gasteiger partial charge on any atom is 0.270 e. The van der Waals surface area contributed by atoms with Crippen LogP contribution >= 0.6 is 0 Å². The third-order valence-corrected chi connectivity index (χ3v) is 5.07. The highest BCUT2D eigenvalue weighted by Crippen LogP contribution is 2.28. The first kappa shape index (κ1) is 19.1. The summed E-state index contributed by atoms with van der Waals surface area (Å²) in [6.45, 7) is 2.61. The summed E-state index contributed by atoms with van der Waals surface area (Å²) in [6.07, 6.45) is 3.34. The van der Waals surface area contributed by atoms with E-state index in [1.54, 1.807) is 12.4 Å². The molecule has 5 rings (SSSR count). The maximum absolute atomic E-state index is 9.52. The van der Waals surface area contributed by atoms with E-state index in [2.05, 4.69) is 30.0 Å². The minimum absolute atomic E-state index is 0.206. The molecule has 1 fully saturated rings. The summed E-state index contributed by atoms with van der Waals surface area (Å²) >= 11 is 0. The number of aromatic nitrogens is 5. The highest BCUT2D eigenvalue weighted by molar-refractivity contribution is 5.69. The minimum Gasteiger partial charge on any atom is -0.414 e. The van der Waals surface area contributed by atoms with Crippen LogP contribution in [0, 0.1) is 0 Å². The third kappa shape index (κ3) is 3.93. The molecule has 0 spiro atoms. The van der Waals surface area contributed by atoms with Crippen LogP contribution in [0.15, 0.2) is 59.3 Å². The van der Waals surface area contributed by atoms with Crippen LogP contribution in [0.1, 0.15) is 0 Å². The van der Waals surface area contributed by atoms with Crippen LogP contribution in [0.3, 0.4) is 0 Å². The number of benzene rings is 1. The first-order valence-electron chi connectivity index (χ1n) is 9.84. The van der Waals surface area contributed by atoms with Crippen molar-refractivity contribution < 1.29 is 9.62 Å². The van der Waals surface area contributed by atoms with Crippen molar-refractivity contribution in [2.75, 3.05) is 36.8 Å². The minimum atomic E-state index is 0.206. The molecule has 0 radical (unpaired) electrons. The molecule has 3 aromatic heterocycles. The SMILES string of the molecule is Nc1ncc(-c2ccc(N3CCN(O)CC3)nc2)nc1-c1nnc(-c2ccccc2)o1. The van der Waals surface area contributed by atoms with Gasteiger partial charge >= 0.3 is 0 Å². The van der Waals surface area contributed by atoms with Crippen LogP contribution in [0.2, 0.25) is 0 Å². The van der Waals surface area contributed by atoms with Crippen molar-refractivity contribution in [1.82, 2.24) is 30.2 Å². The summed E-state index contributed by atoms with van der Waals surface area (Å²) in [7, 11) is 0. The van der Waals surface area contributed by atoms with Crippen molar-refractivity contribution in [2.24, 2.45) is 0 Å². The van der Waals surface area contributed by atoms with Gasteiger partial charge in [-0.25, -0.2) is 15.0 Å². The van der Waals surface area contributed by atoms with Crippen molar-refractivity contribution in [3.63, 3.8) is 0 Å². The van der Waals surface area contributed by atoms with Crippen LogP contribution in [0.5, 0.6) is 0 Å². The zero-order chi connectivity index (χ0) is 21.2. The molecule has 0 saturated carbocycles. The number of nitrogens with two attached hydrogens (primary N) is 1. The number of hydroxylamine groups is 2. The van der Waals surface area contributed by atoms with Gasteiger partial charge in [-0.1, -0.05) is 18.2 Å². The molecule has 0 atom stereocenters. The first-order valence-corrected chi connectivity index (χ1v) is 9.84. The van der Waals surface area contributed by atoms with Crippen LogP contribution < -0.4 is 10.6 Å². The molecule has 3 N–H and O–H groups in total. The molecule has 1 aromatic carbocycles. The van der Waals surface area contributed by atoms with Gasteiger partial charge in [0, 0.05) is 43.5 Å². The second kappa shape index (κ2) is 8.09. The molecule has 10 nitrogen and oxygen atoms in total. The molecule has 0 bridgehead atoms. The third-order valence-electron chi connectivity index (χ3n) is 5.07. The van der Waals surface area contributed by atoms with Gasteiger partial charge in [0.25, 0.3) is 5.89 Å². The summed E-state index contributed by atoms with van der Waals surface area (Å²) in [5.41, 5.74) is 8.56. The Balaban J connectivity index is 1.41. The van der Waals surface area contributed by atoms with Crippen molar-refractivity contribution in [2.45, 2.75) is 0 Å². The van der Waals surface area contributed by atoms with E-state index < -0.39 is 0 Å². The number of pyridine rings is 1. The summed E-state index contributed by atoms with van der Waals surface area (Å²) in [5, 5.41) is 19.0. The van der Waals surface area contributed by atoms with Gasteiger partial charge < -0.3 is 20.3 Å². The first-order chi connectivity index (χ1) is 15.2. The average Bonchev–Trinajstić information content (AvgIpc) is 3.31. The lowest BCUT2D eigenvalue weighted by atomic mass is 10.2. The van der Waals surface area contributed by atoms with E-state index in [1.807, 2.05) is 42.5 Å². The zero-order valence-corrected chi connectivity index (χ0v) is 16.6. The molecule has 10 heteroatoms. The Morgan fingerprint density at radius 1 is 0.839 bits per heavy atom. The predicted octanol–water partition coefficient (Wildman–Crippen LogP) is 2.35. The average molecular weight is 416 g/mol. The number of anilines is 2. The van der Waals surface area contributed by atoms with Gasteiger partial charge in [0.15, 0.2) is 11.5 Å². The fourth-order valence-corrected chi connectivity index (χ4v) is 3.36. The second-order valence-corrected chi connectivity index (χ2v) is 7.11. The van der Waals surface area contributed by atoms with Gasteiger partial charge in [-0.05, 0) is 24.3 Å². The Morgan fingerprint density at radius 3 is 2.35 bits per heavy atom. The molecular weight excluding hydrogens is 396 g/mol. The lowest BCUT2D eigenvalue weighted by molar-refractivity contribution is -0.0936.